The van der Waals surface area contributed by atoms with E-state index in [4.69, 9.17) is 5.73 Å². The molecule has 0 saturated carbocycles. The van der Waals surface area contributed by atoms with Crippen molar-refractivity contribution in [2.45, 2.75) is 53.0 Å². The van der Waals surface area contributed by atoms with Gasteiger partial charge in [0, 0.05) is 12.0 Å². The van der Waals surface area contributed by atoms with Gasteiger partial charge in [-0.15, -0.1) is 12.4 Å². The lowest BCUT2D eigenvalue weighted by Gasteiger charge is -2.30. The summed E-state index contributed by atoms with van der Waals surface area (Å²) >= 11 is 0. The molecule has 2 unspecified atom stereocenters. The van der Waals surface area contributed by atoms with Crippen LogP contribution >= 0.6 is 12.4 Å². The topological polar surface area (TPSA) is 75.4 Å². The Morgan fingerprint density at radius 2 is 1.83 bits per heavy atom. The summed E-state index contributed by atoms with van der Waals surface area (Å²) in [5.74, 6) is 0.0702. The van der Waals surface area contributed by atoms with Crippen LogP contribution in [0.15, 0.2) is 0 Å². The van der Waals surface area contributed by atoms with E-state index in [1.165, 1.54) is 0 Å². The zero-order chi connectivity index (χ0) is 13.5. The molecule has 2 atom stereocenters. The van der Waals surface area contributed by atoms with E-state index < -0.39 is 6.04 Å². The number of carbonyl (C=O) groups excluding carboxylic acids is 1. The second-order valence-electron chi connectivity index (χ2n) is 4.99. The first-order valence-corrected chi connectivity index (χ1v) is 6.60. The van der Waals surface area contributed by atoms with Gasteiger partial charge in [-0.3, -0.25) is 4.79 Å². The summed E-state index contributed by atoms with van der Waals surface area (Å²) in [6, 6.07) is -0.454. The molecule has 0 aliphatic heterocycles. The standard InChI is InChI=1S/C13H28N2O2.ClH/c1-5-10(4)11(14)12(17)15-8-13(6-2,7-3)9-16;/h10-11,16H,5-9,14H2,1-4H3,(H,15,17);1H. The van der Waals surface area contributed by atoms with E-state index in [1.54, 1.807) is 0 Å². The minimum absolute atomic E-state index is 0. The first-order chi connectivity index (χ1) is 7.96. The van der Waals surface area contributed by atoms with Crippen LogP contribution in [0.4, 0.5) is 0 Å². The summed E-state index contributed by atoms with van der Waals surface area (Å²) < 4.78 is 0. The number of carbonyl (C=O) groups is 1. The van der Waals surface area contributed by atoms with Gasteiger partial charge in [0.05, 0.1) is 12.6 Å². The van der Waals surface area contributed by atoms with Gasteiger partial charge in [0.2, 0.25) is 5.91 Å². The molecule has 0 heterocycles. The second-order valence-corrected chi connectivity index (χ2v) is 4.99. The lowest BCUT2D eigenvalue weighted by Crippen LogP contribution is -2.48. The maximum atomic E-state index is 11.8. The zero-order valence-corrected chi connectivity index (χ0v) is 12.8. The molecule has 0 aromatic carbocycles. The number of nitrogens with one attached hydrogen (secondary N) is 1. The molecular weight excluding hydrogens is 252 g/mol. The molecule has 0 aromatic rings. The third-order valence-corrected chi connectivity index (χ3v) is 4.03. The summed E-state index contributed by atoms with van der Waals surface area (Å²) in [6.45, 7) is 8.65. The normalized spacial score (nSPS) is 14.6. The van der Waals surface area contributed by atoms with Gasteiger partial charge in [0.15, 0.2) is 0 Å². The Kier molecular flexibility index (Phi) is 10.7. The fourth-order valence-electron chi connectivity index (χ4n) is 1.68. The van der Waals surface area contributed by atoms with Crippen LogP contribution in [0.1, 0.15) is 47.0 Å². The summed E-state index contributed by atoms with van der Waals surface area (Å²) in [6.07, 6.45) is 2.58. The Hall–Kier alpha value is -0.320. The predicted molar refractivity (Wildman–Crippen MR) is 77.8 cm³/mol. The van der Waals surface area contributed by atoms with Crippen LogP contribution in [0.2, 0.25) is 0 Å². The smallest absolute Gasteiger partial charge is 0.237 e. The molecule has 0 bridgehead atoms. The third kappa shape index (κ3) is 5.55. The van der Waals surface area contributed by atoms with Crippen molar-refractivity contribution in [3.63, 3.8) is 0 Å². The van der Waals surface area contributed by atoms with Crippen molar-refractivity contribution in [3.8, 4) is 0 Å². The van der Waals surface area contributed by atoms with E-state index in [-0.39, 0.29) is 36.3 Å². The van der Waals surface area contributed by atoms with Gasteiger partial charge in [-0.25, -0.2) is 0 Å². The molecule has 0 spiro atoms. The van der Waals surface area contributed by atoms with E-state index in [0.717, 1.165) is 19.3 Å². The minimum Gasteiger partial charge on any atom is -0.396 e. The van der Waals surface area contributed by atoms with Crippen LogP contribution < -0.4 is 11.1 Å². The molecule has 110 valence electrons. The SMILES string of the molecule is CCC(C)C(N)C(=O)NCC(CC)(CC)CO.Cl. The number of aliphatic hydroxyl groups excluding tert-OH is 1. The van der Waals surface area contributed by atoms with Crippen molar-refractivity contribution in [2.24, 2.45) is 17.1 Å². The average Bonchev–Trinajstić information content (AvgIpc) is 2.38. The number of hydrogen-bond donors (Lipinski definition) is 3. The molecule has 0 aromatic heterocycles. The predicted octanol–water partition coefficient (Wildman–Crippen LogP) is 1.70. The van der Waals surface area contributed by atoms with Crippen molar-refractivity contribution in [3.05, 3.63) is 0 Å². The lowest BCUT2D eigenvalue weighted by atomic mass is 9.83. The van der Waals surface area contributed by atoms with Gasteiger partial charge in [0.1, 0.15) is 0 Å². The Balaban J connectivity index is 0. The monoisotopic (exact) mass is 280 g/mol. The Labute approximate surface area is 117 Å². The molecule has 1 amide bonds. The van der Waals surface area contributed by atoms with Crippen LogP contribution in [0.3, 0.4) is 0 Å². The largest absolute Gasteiger partial charge is 0.396 e. The summed E-state index contributed by atoms with van der Waals surface area (Å²) in [5, 5.41) is 12.3. The Morgan fingerprint density at radius 1 is 1.33 bits per heavy atom. The minimum atomic E-state index is -0.454. The number of aliphatic hydroxyl groups is 1. The average molecular weight is 281 g/mol. The number of rotatable bonds is 8. The molecule has 5 heteroatoms. The van der Waals surface area contributed by atoms with Crippen molar-refractivity contribution in [1.82, 2.24) is 5.32 Å². The van der Waals surface area contributed by atoms with E-state index in [0.29, 0.717) is 6.54 Å². The molecule has 0 fully saturated rings. The van der Waals surface area contributed by atoms with E-state index in [9.17, 15) is 9.90 Å². The molecule has 4 nitrogen and oxygen atoms in total. The van der Waals surface area contributed by atoms with E-state index in [2.05, 4.69) is 5.32 Å². The van der Waals surface area contributed by atoms with E-state index in [1.807, 2.05) is 27.7 Å². The first-order valence-electron chi connectivity index (χ1n) is 6.60. The molecule has 0 aliphatic rings. The van der Waals surface area contributed by atoms with Crippen LogP contribution in [0.25, 0.3) is 0 Å². The van der Waals surface area contributed by atoms with Crippen molar-refractivity contribution in [2.75, 3.05) is 13.2 Å². The van der Waals surface area contributed by atoms with E-state index >= 15 is 0 Å². The van der Waals surface area contributed by atoms with Gasteiger partial charge < -0.3 is 16.2 Å². The molecule has 0 saturated heterocycles. The lowest BCUT2D eigenvalue weighted by molar-refractivity contribution is -0.124. The quantitative estimate of drug-likeness (QED) is 0.633. The number of halogens is 1. The number of hydrogen-bond acceptors (Lipinski definition) is 3. The highest BCUT2D eigenvalue weighted by Crippen LogP contribution is 2.24. The van der Waals surface area contributed by atoms with Gasteiger partial charge in [-0.1, -0.05) is 34.1 Å². The van der Waals surface area contributed by atoms with Crippen LogP contribution in [-0.4, -0.2) is 30.2 Å². The fourth-order valence-corrected chi connectivity index (χ4v) is 1.68. The molecular formula is C13H29ClN2O2. The highest BCUT2D eigenvalue weighted by Gasteiger charge is 2.27. The molecule has 0 radical (unpaired) electrons. The highest BCUT2D eigenvalue weighted by atomic mass is 35.5. The number of amides is 1. The van der Waals surface area contributed by atoms with Gasteiger partial charge >= 0.3 is 0 Å². The molecule has 0 aliphatic carbocycles. The first kappa shape index (κ1) is 20.0. The summed E-state index contributed by atoms with van der Waals surface area (Å²) in [5.41, 5.74) is 5.65. The van der Waals surface area contributed by atoms with Crippen molar-refractivity contribution in [1.29, 1.82) is 0 Å². The fraction of sp³-hybridized carbons (Fsp3) is 0.923. The van der Waals surface area contributed by atoms with Crippen LogP contribution in [-0.2, 0) is 4.79 Å². The summed E-state index contributed by atoms with van der Waals surface area (Å²) in [4.78, 5) is 11.8. The molecule has 4 N–H and O–H groups in total. The molecule has 0 rings (SSSR count). The van der Waals surface area contributed by atoms with Gasteiger partial charge in [0.25, 0.3) is 0 Å². The van der Waals surface area contributed by atoms with Crippen molar-refractivity contribution >= 4 is 18.3 Å². The van der Waals surface area contributed by atoms with Gasteiger partial charge in [-0.05, 0) is 18.8 Å². The highest BCUT2D eigenvalue weighted by molar-refractivity contribution is 5.85. The Bertz CT molecular complexity index is 225. The maximum absolute atomic E-state index is 11.8. The van der Waals surface area contributed by atoms with Crippen LogP contribution in [0.5, 0.6) is 0 Å². The summed E-state index contributed by atoms with van der Waals surface area (Å²) in [7, 11) is 0. The molecule has 18 heavy (non-hydrogen) atoms. The maximum Gasteiger partial charge on any atom is 0.237 e. The van der Waals surface area contributed by atoms with Gasteiger partial charge in [-0.2, -0.15) is 0 Å². The number of nitrogens with two attached hydrogens (primary N) is 1. The zero-order valence-electron chi connectivity index (χ0n) is 12.0. The van der Waals surface area contributed by atoms with Crippen molar-refractivity contribution < 1.29 is 9.90 Å². The van der Waals surface area contributed by atoms with Crippen LogP contribution in [0, 0.1) is 11.3 Å². The third-order valence-electron chi connectivity index (χ3n) is 4.03. The second kappa shape index (κ2) is 9.59. The Morgan fingerprint density at radius 3 is 2.17 bits per heavy atom.